The van der Waals surface area contributed by atoms with Gasteiger partial charge in [-0.2, -0.15) is 0 Å². The van der Waals surface area contributed by atoms with Gasteiger partial charge in [-0.15, -0.1) is 0 Å². The van der Waals surface area contributed by atoms with Crippen LogP contribution in [0, 0.1) is 5.41 Å². The Morgan fingerprint density at radius 2 is 0.750 bits per heavy atom. The molecule has 0 saturated carbocycles. The first kappa shape index (κ1) is 24.0. The Balaban J connectivity index is 3.27. The predicted octanol–water partition coefficient (Wildman–Crippen LogP) is 9.46. The molecule has 0 aliphatic heterocycles. The Morgan fingerprint density at radius 1 is 0.417 bits per heavy atom. The van der Waals surface area contributed by atoms with Crippen molar-refractivity contribution in [2.75, 3.05) is 0 Å². The lowest BCUT2D eigenvalue weighted by Crippen LogP contribution is -2.14. The van der Waals surface area contributed by atoms with Gasteiger partial charge in [-0.1, -0.05) is 137 Å². The Bertz CT molecular complexity index is 232. The molecular formula is C24H50. The van der Waals surface area contributed by atoms with Gasteiger partial charge >= 0.3 is 0 Å². The van der Waals surface area contributed by atoms with Crippen LogP contribution in [0.5, 0.6) is 0 Å². The highest BCUT2D eigenvalue weighted by Gasteiger charge is 2.20. The summed E-state index contributed by atoms with van der Waals surface area (Å²) >= 11 is 0. The summed E-state index contributed by atoms with van der Waals surface area (Å²) in [5.41, 5.74) is 0.632. The van der Waals surface area contributed by atoms with Crippen LogP contribution >= 0.6 is 0 Å². The number of unbranched alkanes of at least 4 members (excludes halogenated alkanes) is 14. The van der Waals surface area contributed by atoms with Crippen LogP contribution in [0.25, 0.3) is 0 Å². The van der Waals surface area contributed by atoms with E-state index in [0.29, 0.717) is 5.41 Å². The largest absolute Gasteiger partial charge is 0.0654 e. The van der Waals surface area contributed by atoms with Crippen LogP contribution < -0.4 is 0 Å². The van der Waals surface area contributed by atoms with E-state index in [1.54, 1.807) is 0 Å². The number of hydrogen-bond acceptors (Lipinski definition) is 0. The maximum Gasteiger partial charge on any atom is -0.0328 e. The van der Waals surface area contributed by atoms with Crippen molar-refractivity contribution in [3.63, 3.8) is 0 Å². The van der Waals surface area contributed by atoms with E-state index in [0.717, 1.165) is 0 Å². The fourth-order valence-electron chi connectivity index (χ4n) is 3.83. The summed E-state index contributed by atoms with van der Waals surface area (Å²) in [5.74, 6) is 0. The minimum atomic E-state index is 0.632. The fourth-order valence-corrected chi connectivity index (χ4v) is 3.83. The van der Waals surface area contributed by atoms with Crippen LogP contribution in [0.1, 0.15) is 150 Å². The van der Waals surface area contributed by atoms with E-state index in [1.807, 2.05) is 0 Å². The second-order valence-corrected chi connectivity index (χ2v) is 8.61. The van der Waals surface area contributed by atoms with Gasteiger partial charge in [0.25, 0.3) is 0 Å². The average molecular weight is 339 g/mol. The molecule has 1 unspecified atom stereocenters. The van der Waals surface area contributed by atoms with Crippen molar-refractivity contribution in [3.8, 4) is 0 Å². The zero-order valence-electron chi connectivity index (χ0n) is 17.9. The molecule has 0 radical (unpaired) electrons. The van der Waals surface area contributed by atoms with Crippen LogP contribution in [-0.4, -0.2) is 0 Å². The minimum Gasteiger partial charge on any atom is -0.0654 e. The molecule has 0 aromatic carbocycles. The molecule has 0 aliphatic rings. The smallest absolute Gasteiger partial charge is 0.0328 e. The van der Waals surface area contributed by atoms with Gasteiger partial charge in [0, 0.05) is 0 Å². The molecule has 0 aliphatic carbocycles. The third-order valence-corrected chi connectivity index (χ3v) is 6.12. The fraction of sp³-hybridized carbons (Fsp3) is 1.00. The second kappa shape index (κ2) is 17.8. The Labute approximate surface area is 155 Å². The number of rotatable bonds is 19. The van der Waals surface area contributed by atoms with Gasteiger partial charge in [0.1, 0.15) is 0 Å². The minimum absolute atomic E-state index is 0.632. The summed E-state index contributed by atoms with van der Waals surface area (Å²) in [6.07, 6.45) is 27.6. The van der Waals surface area contributed by atoms with Gasteiger partial charge < -0.3 is 0 Å². The van der Waals surface area contributed by atoms with Crippen molar-refractivity contribution >= 4 is 0 Å². The molecule has 0 amide bonds. The van der Waals surface area contributed by atoms with Crippen LogP contribution in [0.15, 0.2) is 0 Å². The molecule has 146 valence electrons. The van der Waals surface area contributed by atoms with Crippen LogP contribution in [0.2, 0.25) is 0 Å². The van der Waals surface area contributed by atoms with Gasteiger partial charge in [-0.3, -0.25) is 0 Å². The molecule has 0 N–H and O–H groups in total. The summed E-state index contributed by atoms with van der Waals surface area (Å²) in [6, 6.07) is 0. The molecule has 0 spiro atoms. The van der Waals surface area contributed by atoms with E-state index in [2.05, 4.69) is 27.7 Å². The molecule has 0 heteroatoms. The van der Waals surface area contributed by atoms with Crippen molar-refractivity contribution in [2.24, 2.45) is 5.41 Å². The summed E-state index contributed by atoms with van der Waals surface area (Å²) in [4.78, 5) is 0. The van der Waals surface area contributed by atoms with Crippen LogP contribution in [0.3, 0.4) is 0 Å². The SMILES string of the molecule is CCCCCCCCCCCCCCCCC(C)(CC)CCCC. The lowest BCUT2D eigenvalue weighted by molar-refractivity contribution is 0.243. The van der Waals surface area contributed by atoms with E-state index >= 15 is 0 Å². The quantitative estimate of drug-likeness (QED) is 0.206. The summed E-state index contributed by atoms with van der Waals surface area (Å²) < 4.78 is 0. The van der Waals surface area contributed by atoms with Gasteiger partial charge in [-0.05, 0) is 18.3 Å². The Kier molecular flexibility index (Phi) is 17.8. The topological polar surface area (TPSA) is 0 Å². The predicted molar refractivity (Wildman–Crippen MR) is 113 cm³/mol. The zero-order valence-corrected chi connectivity index (χ0v) is 17.9. The second-order valence-electron chi connectivity index (χ2n) is 8.61. The standard InChI is InChI=1S/C24H50/c1-5-8-10-11-12-13-14-15-16-17-18-19-20-21-23-24(4,7-3)22-9-6-2/h5-23H2,1-4H3. The van der Waals surface area contributed by atoms with E-state index in [4.69, 9.17) is 0 Å². The first-order valence-corrected chi connectivity index (χ1v) is 11.7. The normalized spacial score (nSPS) is 14.0. The molecule has 0 aromatic heterocycles. The summed E-state index contributed by atoms with van der Waals surface area (Å²) in [5, 5.41) is 0. The van der Waals surface area contributed by atoms with Crippen LogP contribution in [-0.2, 0) is 0 Å². The maximum atomic E-state index is 2.52. The highest BCUT2D eigenvalue weighted by atomic mass is 14.3. The Morgan fingerprint density at radius 3 is 1.12 bits per heavy atom. The van der Waals surface area contributed by atoms with Gasteiger partial charge in [0.05, 0.1) is 0 Å². The van der Waals surface area contributed by atoms with Gasteiger partial charge in [0.2, 0.25) is 0 Å². The van der Waals surface area contributed by atoms with E-state index in [1.165, 1.54) is 122 Å². The first-order valence-electron chi connectivity index (χ1n) is 11.7. The van der Waals surface area contributed by atoms with Crippen molar-refractivity contribution in [3.05, 3.63) is 0 Å². The lowest BCUT2D eigenvalue weighted by atomic mass is 9.78. The third kappa shape index (κ3) is 15.5. The summed E-state index contributed by atoms with van der Waals surface area (Å²) in [7, 11) is 0. The van der Waals surface area contributed by atoms with E-state index in [-0.39, 0.29) is 0 Å². The highest BCUT2D eigenvalue weighted by Crippen LogP contribution is 2.34. The highest BCUT2D eigenvalue weighted by molar-refractivity contribution is 4.72. The van der Waals surface area contributed by atoms with E-state index < -0.39 is 0 Å². The molecule has 0 heterocycles. The molecule has 0 aromatic rings. The molecule has 0 saturated heterocycles. The van der Waals surface area contributed by atoms with E-state index in [9.17, 15) is 0 Å². The molecule has 24 heavy (non-hydrogen) atoms. The molecule has 0 fully saturated rings. The van der Waals surface area contributed by atoms with Crippen molar-refractivity contribution < 1.29 is 0 Å². The molecule has 0 rings (SSSR count). The van der Waals surface area contributed by atoms with Gasteiger partial charge in [-0.25, -0.2) is 0 Å². The van der Waals surface area contributed by atoms with Crippen molar-refractivity contribution in [2.45, 2.75) is 150 Å². The maximum absolute atomic E-state index is 2.52. The molecule has 0 nitrogen and oxygen atoms in total. The van der Waals surface area contributed by atoms with Crippen LogP contribution in [0.4, 0.5) is 0 Å². The van der Waals surface area contributed by atoms with Crippen molar-refractivity contribution in [1.82, 2.24) is 0 Å². The van der Waals surface area contributed by atoms with Crippen molar-refractivity contribution in [1.29, 1.82) is 0 Å². The third-order valence-electron chi connectivity index (χ3n) is 6.12. The molecule has 0 bridgehead atoms. The zero-order chi connectivity index (χ0) is 17.9. The molecule has 1 atom stereocenters. The lowest BCUT2D eigenvalue weighted by Gasteiger charge is -2.28. The summed E-state index contributed by atoms with van der Waals surface area (Å²) in [6.45, 7) is 9.53. The first-order chi connectivity index (χ1) is 11.7. The molecular weight excluding hydrogens is 288 g/mol. The average Bonchev–Trinajstić information content (AvgIpc) is 2.60. The van der Waals surface area contributed by atoms with Gasteiger partial charge in [0.15, 0.2) is 0 Å². The number of hydrogen-bond donors (Lipinski definition) is 0. The monoisotopic (exact) mass is 338 g/mol. The Hall–Kier alpha value is 0.